The van der Waals surface area contributed by atoms with Gasteiger partial charge in [0.15, 0.2) is 0 Å². The summed E-state index contributed by atoms with van der Waals surface area (Å²) in [7, 11) is 7.53. The minimum absolute atomic E-state index is 0. The Morgan fingerprint density at radius 3 is 2.30 bits per heavy atom. The van der Waals surface area contributed by atoms with Crippen LogP contribution >= 0.6 is 35.8 Å². The van der Waals surface area contributed by atoms with Crippen molar-refractivity contribution in [3.05, 3.63) is 112 Å². The Labute approximate surface area is 269 Å². The molecular weight excluding hydrogens is 601 g/mol. The molecule has 4 aromatic carbocycles. The smallest absolute Gasteiger partial charge is 0.138 e. The van der Waals surface area contributed by atoms with E-state index in [1.54, 1.807) is 14.2 Å². The average molecular weight is 637 g/mol. The third kappa shape index (κ3) is 6.48. The molecule has 0 fully saturated rings. The summed E-state index contributed by atoms with van der Waals surface area (Å²) in [6, 6.07) is 26.6. The fourth-order valence-corrected chi connectivity index (χ4v) is 6.86. The van der Waals surface area contributed by atoms with E-state index in [0.717, 1.165) is 46.5 Å². The third-order valence-electron chi connectivity index (χ3n) is 7.74. The molecule has 0 radical (unpaired) electrons. The van der Waals surface area contributed by atoms with E-state index in [9.17, 15) is 0 Å². The molecule has 0 aliphatic carbocycles. The Hall–Kier alpha value is -3.29. The SMILES string of the molecule is CN(C)CCC=C1c2ccccc2Sc2ccc(Cl)cc21.COc1ccc2c(c1)OC1c3ccc(OC)cc3OCC21.Cl. The Bertz CT molecular complexity index is 1640. The molecule has 0 amide bonds. The maximum atomic E-state index is 6.21. The van der Waals surface area contributed by atoms with Crippen LogP contribution in [0.3, 0.4) is 0 Å². The van der Waals surface area contributed by atoms with Gasteiger partial charge in [0.2, 0.25) is 0 Å². The number of halogens is 2. The van der Waals surface area contributed by atoms with Crippen LogP contribution in [0.4, 0.5) is 0 Å². The zero-order valence-corrected chi connectivity index (χ0v) is 27.0. The molecule has 3 heterocycles. The van der Waals surface area contributed by atoms with Crippen LogP contribution in [0.1, 0.15) is 40.7 Å². The predicted molar refractivity (Wildman–Crippen MR) is 177 cm³/mol. The lowest BCUT2D eigenvalue weighted by Gasteiger charge is -2.28. The Morgan fingerprint density at radius 2 is 1.56 bits per heavy atom. The molecule has 7 rings (SSSR count). The van der Waals surface area contributed by atoms with E-state index in [1.807, 2.05) is 48.2 Å². The lowest BCUT2D eigenvalue weighted by atomic mass is 9.89. The highest BCUT2D eigenvalue weighted by molar-refractivity contribution is 7.99. The van der Waals surface area contributed by atoms with Gasteiger partial charge in [-0.1, -0.05) is 53.7 Å². The maximum absolute atomic E-state index is 6.21. The third-order valence-corrected chi connectivity index (χ3v) is 9.13. The molecule has 0 saturated carbocycles. The van der Waals surface area contributed by atoms with E-state index in [0.29, 0.717) is 6.61 Å². The largest absolute Gasteiger partial charge is 0.497 e. The van der Waals surface area contributed by atoms with Crippen LogP contribution in [0.25, 0.3) is 5.57 Å². The van der Waals surface area contributed by atoms with Gasteiger partial charge >= 0.3 is 0 Å². The molecule has 2 unspecified atom stereocenters. The average Bonchev–Trinajstić information content (AvgIpc) is 3.39. The van der Waals surface area contributed by atoms with E-state index in [1.165, 1.54) is 32.1 Å². The molecular formula is C35H35Cl2NO4S. The Kier molecular flexibility index (Phi) is 9.82. The molecule has 224 valence electrons. The standard InChI is InChI=1S/C18H18ClNS.C17H16O4.ClH/c1-20(2)11-5-7-14-15-6-3-4-8-17(15)21-18-10-9-13(19)12-16(14)18;1-18-10-4-6-13-15(7-10)20-9-14-12-5-3-11(19-2)8-16(12)21-17(13)14;/h3-4,6-10,12H,5,11H2,1-2H3;3-8,14,17H,9H2,1-2H3;1H. The summed E-state index contributed by atoms with van der Waals surface area (Å²) in [5.74, 6) is 3.56. The van der Waals surface area contributed by atoms with Crippen molar-refractivity contribution in [2.45, 2.75) is 28.2 Å². The number of rotatable bonds is 5. The van der Waals surface area contributed by atoms with Crippen LogP contribution in [-0.4, -0.2) is 46.4 Å². The minimum Gasteiger partial charge on any atom is -0.497 e. The second-order valence-corrected chi connectivity index (χ2v) is 12.2. The topological polar surface area (TPSA) is 40.2 Å². The monoisotopic (exact) mass is 635 g/mol. The molecule has 3 aliphatic rings. The molecule has 5 nitrogen and oxygen atoms in total. The zero-order chi connectivity index (χ0) is 29.2. The number of benzene rings is 4. The van der Waals surface area contributed by atoms with Crippen molar-refractivity contribution in [1.82, 2.24) is 4.90 Å². The highest BCUT2D eigenvalue weighted by Crippen LogP contribution is 2.52. The molecule has 0 bridgehead atoms. The van der Waals surface area contributed by atoms with Crippen molar-refractivity contribution in [2.75, 3.05) is 41.5 Å². The predicted octanol–water partition coefficient (Wildman–Crippen LogP) is 8.92. The molecule has 2 atom stereocenters. The normalized spacial score (nSPS) is 17.9. The highest BCUT2D eigenvalue weighted by atomic mass is 35.5. The fraction of sp³-hybridized carbons (Fsp3) is 0.257. The van der Waals surface area contributed by atoms with Crippen LogP contribution in [0, 0.1) is 0 Å². The molecule has 8 heteroatoms. The van der Waals surface area contributed by atoms with Crippen molar-refractivity contribution in [1.29, 1.82) is 0 Å². The number of ether oxygens (including phenoxy) is 4. The van der Waals surface area contributed by atoms with Gasteiger partial charge in [-0.15, -0.1) is 12.4 Å². The van der Waals surface area contributed by atoms with Gasteiger partial charge in [0.1, 0.15) is 29.1 Å². The van der Waals surface area contributed by atoms with Gasteiger partial charge in [0.05, 0.1) is 26.7 Å². The molecule has 0 N–H and O–H groups in total. The van der Waals surface area contributed by atoms with Crippen LogP contribution in [0.15, 0.2) is 94.7 Å². The fourth-order valence-electron chi connectivity index (χ4n) is 5.60. The zero-order valence-electron chi connectivity index (χ0n) is 24.6. The lowest BCUT2D eigenvalue weighted by molar-refractivity contribution is 0.139. The molecule has 3 aliphatic heterocycles. The van der Waals surface area contributed by atoms with Crippen LogP contribution in [0.2, 0.25) is 5.02 Å². The van der Waals surface area contributed by atoms with Crippen molar-refractivity contribution < 1.29 is 18.9 Å². The van der Waals surface area contributed by atoms with Crippen LogP contribution in [-0.2, 0) is 0 Å². The summed E-state index contributed by atoms with van der Waals surface area (Å²) in [5.41, 5.74) is 6.13. The van der Waals surface area contributed by atoms with Gasteiger partial charge in [0, 0.05) is 44.6 Å². The summed E-state index contributed by atoms with van der Waals surface area (Å²) in [6.07, 6.45) is 3.38. The van der Waals surface area contributed by atoms with Gasteiger partial charge in [0.25, 0.3) is 0 Å². The van der Waals surface area contributed by atoms with E-state index < -0.39 is 0 Å². The summed E-state index contributed by atoms with van der Waals surface area (Å²) in [6.45, 7) is 1.67. The molecule has 43 heavy (non-hydrogen) atoms. The Balaban J connectivity index is 0.000000167. The number of hydrogen-bond acceptors (Lipinski definition) is 6. The van der Waals surface area contributed by atoms with Gasteiger partial charge in [-0.05, 0) is 79.7 Å². The van der Waals surface area contributed by atoms with Crippen molar-refractivity contribution in [2.24, 2.45) is 0 Å². The molecule has 0 saturated heterocycles. The maximum Gasteiger partial charge on any atom is 0.138 e. The van der Waals surface area contributed by atoms with Crippen molar-refractivity contribution >= 4 is 41.3 Å². The first kappa shape index (κ1) is 31.1. The number of nitrogens with zero attached hydrogens (tertiary/aromatic N) is 1. The van der Waals surface area contributed by atoms with Gasteiger partial charge in [-0.25, -0.2) is 0 Å². The summed E-state index contributed by atoms with van der Waals surface area (Å²) >= 11 is 8.03. The first-order valence-corrected chi connectivity index (χ1v) is 15.2. The van der Waals surface area contributed by atoms with Gasteiger partial charge < -0.3 is 23.8 Å². The van der Waals surface area contributed by atoms with Crippen molar-refractivity contribution in [3.8, 4) is 23.0 Å². The van der Waals surface area contributed by atoms with E-state index in [2.05, 4.69) is 67.5 Å². The number of hydrogen-bond donors (Lipinski definition) is 0. The van der Waals surface area contributed by atoms with Crippen molar-refractivity contribution in [3.63, 3.8) is 0 Å². The summed E-state index contributed by atoms with van der Waals surface area (Å²) < 4.78 is 22.6. The lowest BCUT2D eigenvalue weighted by Crippen LogP contribution is -2.23. The Morgan fingerprint density at radius 1 is 0.860 bits per heavy atom. The molecule has 4 aromatic rings. The van der Waals surface area contributed by atoms with E-state index in [-0.39, 0.29) is 24.4 Å². The summed E-state index contributed by atoms with van der Waals surface area (Å²) in [4.78, 5) is 4.82. The molecule has 0 aromatic heterocycles. The first-order valence-electron chi connectivity index (χ1n) is 14.0. The number of fused-ring (bicyclic) bond motifs is 7. The van der Waals surface area contributed by atoms with Gasteiger partial charge in [-0.2, -0.15) is 0 Å². The van der Waals surface area contributed by atoms with Gasteiger partial charge in [-0.3, -0.25) is 0 Å². The second kappa shape index (κ2) is 13.6. The highest BCUT2D eigenvalue weighted by Gasteiger charge is 2.41. The number of methoxy groups -OCH3 is 2. The van der Waals surface area contributed by atoms with E-state index >= 15 is 0 Å². The van der Waals surface area contributed by atoms with E-state index in [4.69, 9.17) is 30.5 Å². The van der Waals surface area contributed by atoms with Crippen LogP contribution in [0.5, 0.6) is 23.0 Å². The first-order chi connectivity index (χ1) is 20.4. The quantitative estimate of drug-likeness (QED) is 0.192. The second-order valence-electron chi connectivity index (χ2n) is 10.7. The summed E-state index contributed by atoms with van der Waals surface area (Å²) in [5, 5.41) is 0.798. The van der Waals surface area contributed by atoms with Crippen LogP contribution < -0.4 is 18.9 Å². The molecule has 0 spiro atoms. The minimum atomic E-state index is 0.